The van der Waals surface area contributed by atoms with Crippen LogP contribution in [0.5, 0.6) is 11.5 Å². The van der Waals surface area contributed by atoms with E-state index in [-0.39, 0.29) is 16.3 Å². The fourth-order valence-corrected chi connectivity index (χ4v) is 2.69. The van der Waals surface area contributed by atoms with Crippen LogP contribution < -0.4 is 15.2 Å². The van der Waals surface area contributed by atoms with Crippen LogP contribution in [0, 0.1) is 6.92 Å². The van der Waals surface area contributed by atoms with Gasteiger partial charge in [-0.3, -0.25) is 4.55 Å². The summed E-state index contributed by atoms with van der Waals surface area (Å²) < 4.78 is 42.0. The highest BCUT2D eigenvalue weighted by molar-refractivity contribution is 7.86. The maximum absolute atomic E-state index is 11.4. The van der Waals surface area contributed by atoms with E-state index in [9.17, 15) is 13.0 Å². The molecular weight excluding hydrogens is 334 g/mol. The molecule has 2 aromatic carbocycles. The summed E-state index contributed by atoms with van der Waals surface area (Å²) in [4.78, 5) is -0.382. The van der Waals surface area contributed by atoms with Gasteiger partial charge in [0.1, 0.15) is 16.4 Å². The molecule has 2 aromatic rings. The Bertz CT molecular complexity index is 894. The molecule has 3 N–H and O–H groups in total. The third-order valence-corrected chi connectivity index (χ3v) is 4.12. The van der Waals surface area contributed by atoms with Crippen LogP contribution in [0.25, 0.3) is 0 Å². The maximum Gasteiger partial charge on any atom is 0.298 e. The number of rotatable bonds is 5. The summed E-state index contributed by atoms with van der Waals surface area (Å²) >= 11 is 0. The molecule has 0 bridgehead atoms. The van der Waals surface area contributed by atoms with Crippen molar-refractivity contribution >= 4 is 27.2 Å². The summed E-state index contributed by atoms with van der Waals surface area (Å²) in [5, 5.41) is 8.04. The molecule has 8 nitrogen and oxygen atoms in total. The van der Waals surface area contributed by atoms with E-state index >= 15 is 0 Å². The number of hydrogen-bond donors (Lipinski definition) is 2. The predicted octanol–water partition coefficient (Wildman–Crippen LogP) is 3.26. The number of nitrogens with two attached hydrogens (primary N) is 1. The van der Waals surface area contributed by atoms with E-state index < -0.39 is 10.1 Å². The van der Waals surface area contributed by atoms with Gasteiger partial charge >= 0.3 is 0 Å². The van der Waals surface area contributed by atoms with Gasteiger partial charge in [0, 0.05) is 0 Å². The van der Waals surface area contributed by atoms with Gasteiger partial charge in [0.25, 0.3) is 10.1 Å². The Morgan fingerprint density at radius 1 is 1.04 bits per heavy atom. The van der Waals surface area contributed by atoms with Crippen molar-refractivity contribution in [3.05, 3.63) is 35.9 Å². The van der Waals surface area contributed by atoms with Gasteiger partial charge in [0.05, 0.1) is 31.3 Å². The van der Waals surface area contributed by atoms with Gasteiger partial charge in [-0.15, -0.1) is 0 Å². The lowest BCUT2D eigenvalue weighted by Crippen LogP contribution is -2.00. The molecule has 0 saturated heterocycles. The van der Waals surface area contributed by atoms with E-state index in [1.165, 1.54) is 32.4 Å². The Morgan fingerprint density at radius 3 is 2.29 bits per heavy atom. The minimum Gasteiger partial charge on any atom is -0.495 e. The van der Waals surface area contributed by atoms with Crippen molar-refractivity contribution in [2.75, 3.05) is 20.0 Å². The zero-order valence-corrected chi connectivity index (χ0v) is 14.2. The van der Waals surface area contributed by atoms with Crippen LogP contribution in [0.2, 0.25) is 0 Å². The SMILES string of the molecule is COc1cc(C)c(N=Nc2ccc(OC)c(S(=O)(=O)O)c2)cc1N. The zero-order valence-electron chi connectivity index (χ0n) is 13.3. The van der Waals surface area contributed by atoms with Crippen LogP contribution in [-0.2, 0) is 10.1 Å². The third kappa shape index (κ3) is 3.81. The number of anilines is 1. The molecule has 0 fully saturated rings. The fraction of sp³-hybridized carbons (Fsp3) is 0.200. The van der Waals surface area contributed by atoms with Gasteiger partial charge in [0.15, 0.2) is 0 Å². The quantitative estimate of drug-likeness (QED) is 0.484. The van der Waals surface area contributed by atoms with Crippen molar-refractivity contribution in [2.45, 2.75) is 11.8 Å². The maximum atomic E-state index is 11.4. The lowest BCUT2D eigenvalue weighted by atomic mass is 10.1. The largest absolute Gasteiger partial charge is 0.495 e. The Balaban J connectivity index is 2.42. The Labute approximate surface area is 139 Å². The van der Waals surface area contributed by atoms with E-state index in [0.29, 0.717) is 17.1 Å². The summed E-state index contributed by atoms with van der Waals surface area (Å²) in [6, 6.07) is 7.39. The van der Waals surface area contributed by atoms with Crippen molar-refractivity contribution in [1.82, 2.24) is 0 Å². The van der Waals surface area contributed by atoms with Crippen LogP contribution in [0.1, 0.15) is 5.56 Å². The first-order valence-electron chi connectivity index (χ1n) is 6.77. The highest BCUT2D eigenvalue weighted by Crippen LogP contribution is 2.33. The van der Waals surface area contributed by atoms with Crippen molar-refractivity contribution in [3.8, 4) is 11.5 Å². The molecule has 0 spiro atoms. The number of nitrogen functional groups attached to an aromatic ring is 1. The normalized spacial score (nSPS) is 11.7. The highest BCUT2D eigenvalue weighted by atomic mass is 32.2. The summed E-state index contributed by atoms with van der Waals surface area (Å²) in [5.41, 5.74) is 7.77. The summed E-state index contributed by atoms with van der Waals surface area (Å²) in [5.74, 6) is 0.547. The molecule has 0 heterocycles. The van der Waals surface area contributed by atoms with Crippen molar-refractivity contribution < 1.29 is 22.4 Å². The minimum atomic E-state index is -4.44. The standard InChI is InChI=1S/C15H17N3O5S/c1-9-6-14(23-3)11(16)8-12(9)18-17-10-4-5-13(22-2)15(7-10)24(19,20)21/h4-8H,16H2,1-3H3,(H,19,20,21). The van der Waals surface area contributed by atoms with Crippen LogP contribution in [0.15, 0.2) is 45.5 Å². The number of nitrogens with zero attached hydrogens (tertiary/aromatic N) is 2. The van der Waals surface area contributed by atoms with Crippen LogP contribution in [0.3, 0.4) is 0 Å². The molecular formula is C15H17N3O5S. The molecule has 0 aliphatic heterocycles. The topological polar surface area (TPSA) is 124 Å². The first kappa shape index (κ1) is 17.7. The van der Waals surface area contributed by atoms with E-state index in [1.807, 2.05) is 6.92 Å². The number of hydrogen-bond acceptors (Lipinski definition) is 7. The Hall–Kier alpha value is -2.65. The van der Waals surface area contributed by atoms with Crippen molar-refractivity contribution in [2.24, 2.45) is 10.2 Å². The molecule has 0 aliphatic rings. The molecule has 128 valence electrons. The van der Waals surface area contributed by atoms with Gasteiger partial charge in [0.2, 0.25) is 0 Å². The summed E-state index contributed by atoms with van der Waals surface area (Å²) in [6.07, 6.45) is 0. The van der Waals surface area contributed by atoms with E-state index in [0.717, 1.165) is 5.56 Å². The molecule has 9 heteroatoms. The summed E-state index contributed by atoms with van der Waals surface area (Å²) in [7, 11) is -1.62. The Kier molecular flexibility index (Phi) is 5.05. The van der Waals surface area contributed by atoms with Gasteiger partial charge in [-0.1, -0.05) is 0 Å². The predicted molar refractivity (Wildman–Crippen MR) is 89.1 cm³/mol. The molecule has 0 aliphatic carbocycles. The second-order valence-electron chi connectivity index (χ2n) is 4.89. The number of azo groups is 1. The molecule has 2 rings (SSSR count). The average molecular weight is 351 g/mol. The van der Waals surface area contributed by atoms with Gasteiger partial charge < -0.3 is 15.2 Å². The Morgan fingerprint density at radius 2 is 1.71 bits per heavy atom. The van der Waals surface area contributed by atoms with Crippen LogP contribution in [0.4, 0.5) is 17.1 Å². The first-order chi connectivity index (χ1) is 11.3. The van der Waals surface area contributed by atoms with E-state index in [4.69, 9.17) is 15.2 Å². The van der Waals surface area contributed by atoms with Crippen molar-refractivity contribution in [1.29, 1.82) is 0 Å². The second kappa shape index (κ2) is 6.85. The van der Waals surface area contributed by atoms with E-state index in [1.54, 1.807) is 12.1 Å². The molecule has 24 heavy (non-hydrogen) atoms. The molecule has 0 radical (unpaired) electrons. The number of ether oxygens (including phenoxy) is 2. The average Bonchev–Trinajstić information content (AvgIpc) is 2.54. The van der Waals surface area contributed by atoms with Crippen molar-refractivity contribution in [3.63, 3.8) is 0 Å². The first-order valence-corrected chi connectivity index (χ1v) is 8.21. The molecule has 0 saturated carbocycles. The second-order valence-corrected chi connectivity index (χ2v) is 6.28. The summed E-state index contributed by atoms with van der Waals surface area (Å²) in [6.45, 7) is 1.81. The lowest BCUT2D eigenvalue weighted by molar-refractivity contribution is 0.397. The number of aryl methyl sites for hydroxylation is 1. The monoisotopic (exact) mass is 351 g/mol. The minimum absolute atomic E-state index is 0.0151. The molecule has 0 unspecified atom stereocenters. The smallest absolute Gasteiger partial charge is 0.298 e. The lowest BCUT2D eigenvalue weighted by Gasteiger charge is -2.08. The fourth-order valence-electron chi connectivity index (χ4n) is 2.01. The van der Waals surface area contributed by atoms with Gasteiger partial charge in [-0.2, -0.15) is 18.6 Å². The zero-order chi connectivity index (χ0) is 17.9. The number of methoxy groups -OCH3 is 2. The van der Waals surface area contributed by atoms with Crippen LogP contribution in [-0.4, -0.2) is 27.2 Å². The number of benzene rings is 2. The third-order valence-electron chi connectivity index (χ3n) is 3.25. The van der Waals surface area contributed by atoms with Crippen LogP contribution >= 0.6 is 0 Å². The van der Waals surface area contributed by atoms with Gasteiger partial charge in [-0.25, -0.2) is 0 Å². The highest BCUT2D eigenvalue weighted by Gasteiger charge is 2.17. The molecule has 0 atom stereocenters. The van der Waals surface area contributed by atoms with Gasteiger partial charge in [-0.05, 0) is 42.8 Å². The molecule has 0 aromatic heterocycles. The molecule has 0 amide bonds. The van der Waals surface area contributed by atoms with E-state index in [2.05, 4.69) is 10.2 Å².